The summed E-state index contributed by atoms with van der Waals surface area (Å²) in [6, 6.07) is 11.6. The van der Waals surface area contributed by atoms with Gasteiger partial charge in [0.2, 0.25) is 0 Å². The Balaban J connectivity index is 1.49. The molecule has 0 spiro atoms. The summed E-state index contributed by atoms with van der Waals surface area (Å²) in [5.41, 5.74) is 1.51. The second-order valence-electron chi connectivity index (χ2n) is 5.86. The van der Waals surface area contributed by atoms with E-state index in [1.54, 1.807) is 0 Å². The monoisotopic (exact) mass is 261 g/mol. The summed E-state index contributed by atoms with van der Waals surface area (Å²) in [4.78, 5) is 0. The van der Waals surface area contributed by atoms with Gasteiger partial charge in [-0.15, -0.1) is 0 Å². The number of hydrogen-bond donors (Lipinski definition) is 1. The molecule has 0 radical (unpaired) electrons. The summed E-state index contributed by atoms with van der Waals surface area (Å²) < 4.78 is 5.54. The van der Waals surface area contributed by atoms with Gasteiger partial charge in [-0.1, -0.05) is 30.3 Å². The molecule has 19 heavy (non-hydrogen) atoms. The van der Waals surface area contributed by atoms with E-state index in [1.165, 1.54) is 31.2 Å². The number of nitrogens with one attached hydrogen (secondary N) is 1. The molecule has 0 aliphatic heterocycles. The fraction of sp³-hybridized carbons (Fsp3) is 0.647. The van der Waals surface area contributed by atoms with Crippen molar-refractivity contribution in [1.82, 2.24) is 5.32 Å². The maximum Gasteiger partial charge on any atom is 0.0518 e. The molecule has 1 saturated carbocycles. The lowest BCUT2D eigenvalue weighted by molar-refractivity contribution is 0.0757. The fourth-order valence-electron chi connectivity index (χ4n) is 2.63. The number of ether oxygens (including phenoxy) is 1. The predicted octanol–water partition coefficient (Wildman–Crippen LogP) is 3.73. The van der Waals surface area contributed by atoms with Crippen molar-refractivity contribution in [2.75, 3.05) is 13.2 Å². The topological polar surface area (TPSA) is 21.3 Å². The molecule has 1 fully saturated rings. The van der Waals surface area contributed by atoms with Gasteiger partial charge in [-0.2, -0.15) is 0 Å². The van der Waals surface area contributed by atoms with Crippen LogP contribution in [-0.4, -0.2) is 25.3 Å². The molecule has 0 amide bonds. The summed E-state index contributed by atoms with van der Waals surface area (Å²) in [6.45, 7) is 6.22. The highest BCUT2D eigenvalue weighted by molar-refractivity contribution is 5.22. The van der Waals surface area contributed by atoms with E-state index in [2.05, 4.69) is 49.5 Å². The van der Waals surface area contributed by atoms with Gasteiger partial charge in [0, 0.05) is 12.6 Å². The predicted molar refractivity (Wildman–Crippen MR) is 80.5 cm³/mol. The van der Waals surface area contributed by atoms with E-state index >= 15 is 0 Å². The van der Waals surface area contributed by atoms with Crippen LogP contribution in [0.2, 0.25) is 0 Å². The minimum absolute atomic E-state index is 0.367. The Morgan fingerprint density at radius 2 is 1.89 bits per heavy atom. The molecule has 2 nitrogen and oxygen atoms in total. The van der Waals surface area contributed by atoms with E-state index in [0.717, 1.165) is 25.1 Å². The van der Waals surface area contributed by atoms with E-state index in [1.807, 2.05) is 0 Å². The van der Waals surface area contributed by atoms with Crippen LogP contribution in [0, 0.1) is 0 Å². The van der Waals surface area contributed by atoms with Crippen molar-refractivity contribution in [2.24, 2.45) is 0 Å². The van der Waals surface area contributed by atoms with Crippen molar-refractivity contribution in [3.05, 3.63) is 35.9 Å². The normalized spacial score (nSPS) is 22.5. The first-order chi connectivity index (χ1) is 9.25. The highest BCUT2D eigenvalue weighted by atomic mass is 16.5. The average Bonchev–Trinajstić information content (AvgIpc) is 2.36. The lowest BCUT2D eigenvalue weighted by atomic mass is 9.76. The first-order valence-electron chi connectivity index (χ1n) is 7.65. The molecule has 2 heteroatoms. The summed E-state index contributed by atoms with van der Waals surface area (Å²) >= 11 is 0. The zero-order chi connectivity index (χ0) is 13.5. The summed E-state index contributed by atoms with van der Waals surface area (Å²) in [5.74, 6) is 0.781. The standard InChI is InChI=1S/C17H27NO/c1-14(2)19-11-7-6-10-18-17-12-16(13-17)15-8-4-3-5-9-15/h3-5,8-9,14,16-18H,6-7,10-13H2,1-2H3. The maximum absolute atomic E-state index is 5.54. The van der Waals surface area contributed by atoms with Gasteiger partial charge in [-0.3, -0.25) is 0 Å². The van der Waals surface area contributed by atoms with Gasteiger partial charge >= 0.3 is 0 Å². The number of rotatable bonds is 8. The van der Waals surface area contributed by atoms with E-state index in [4.69, 9.17) is 4.74 Å². The molecule has 1 aromatic rings. The molecule has 0 bridgehead atoms. The van der Waals surface area contributed by atoms with Gasteiger partial charge in [-0.05, 0) is 57.6 Å². The van der Waals surface area contributed by atoms with Crippen LogP contribution in [0.4, 0.5) is 0 Å². The second-order valence-corrected chi connectivity index (χ2v) is 5.86. The molecule has 0 heterocycles. The van der Waals surface area contributed by atoms with Crippen LogP contribution < -0.4 is 5.32 Å². The zero-order valence-corrected chi connectivity index (χ0v) is 12.3. The van der Waals surface area contributed by atoms with Gasteiger partial charge in [0.05, 0.1) is 6.10 Å². The Hall–Kier alpha value is -0.860. The van der Waals surface area contributed by atoms with Crippen molar-refractivity contribution >= 4 is 0 Å². The first kappa shape index (κ1) is 14.5. The average molecular weight is 261 g/mol. The van der Waals surface area contributed by atoms with Crippen LogP contribution in [0.1, 0.15) is 51.0 Å². The molecule has 2 rings (SSSR count). The van der Waals surface area contributed by atoms with Crippen LogP contribution >= 0.6 is 0 Å². The van der Waals surface area contributed by atoms with E-state index in [0.29, 0.717) is 6.10 Å². The molecule has 0 saturated heterocycles. The first-order valence-corrected chi connectivity index (χ1v) is 7.65. The largest absolute Gasteiger partial charge is 0.379 e. The third kappa shape index (κ3) is 4.96. The lowest BCUT2D eigenvalue weighted by Gasteiger charge is -2.36. The Kier molecular flexibility index (Phi) is 5.87. The van der Waals surface area contributed by atoms with Gasteiger partial charge < -0.3 is 10.1 Å². The van der Waals surface area contributed by atoms with Crippen LogP contribution in [0.5, 0.6) is 0 Å². The quantitative estimate of drug-likeness (QED) is 0.720. The van der Waals surface area contributed by atoms with Crippen LogP contribution in [0.3, 0.4) is 0 Å². The maximum atomic E-state index is 5.54. The van der Waals surface area contributed by atoms with Gasteiger partial charge in [-0.25, -0.2) is 0 Å². The Labute approximate surface area is 117 Å². The van der Waals surface area contributed by atoms with Crippen molar-refractivity contribution in [1.29, 1.82) is 0 Å². The van der Waals surface area contributed by atoms with Crippen molar-refractivity contribution in [3.63, 3.8) is 0 Å². The molecule has 1 N–H and O–H groups in total. The third-order valence-corrected chi connectivity index (χ3v) is 3.86. The van der Waals surface area contributed by atoms with Crippen molar-refractivity contribution < 1.29 is 4.74 Å². The van der Waals surface area contributed by atoms with E-state index in [-0.39, 0.29) is 0 Å². The Morgan fingerprint density at radius 1 is 1.16 bits per heavy atom. The molecule has 1 aliphatic carbocycles. The Bertz CT molecular complexity index is 344. The summed E-state index contributed by atoms with van der Waals surface area (Å²) in [6.07, 6.45) is 5.35. The Morgan fingerprint density at radius 3 is 2.58 bits per heavy atom. The number of unbranched alkanes of at least 4 members (excludes halogenated alkanes) is 1. The molecule has 0 aromatic heterocycles. The minimum Gasteiger partial charge on any atom is -0.379 e. The smallest absolute Gasteiger partial charge is 0.0518 e. The molecule has 1 aliphatic rings. The van der Waals surface area contributed by atoms with Gasteiger partial charge in [0.1, 0.15) is 0 Å². The zero-order valence-electron chi connectivity index (χ0n) is 12.3. The minimum atomic E-state index is 0.367. The van der Waals surface area contributed by atoms with Gasteiger partial charge in [0.15, 0.2) is 0 Å². The molecular weight excluding hydrogens is 234 g/mol. The van der Waals surface area contributed by atoms with Crippen LogP contribution in [-0.2, 0) is 4.74 Å². The molecule has 0 unspecified atom stereocenters. The van der Waals surface area contributed by atoms with Crippen molar-refractivity contribution in [2.45, 2.75) is 57.6 Å². The lowest BCUT2D eigenvalue weighted by Crippen LogP contribution is -2.40. The highest BCUT2D eigenvalue weighted by Crippen LogP contribution is 2.36. The van der Waals surface area contributed by atoms with E-state index in [9.17, 15) is 0 Å². The molecule has 1 aromatic carbocycles. The molecule has 106 valence electrons. The van der Waals surface area contributed by atoms with Crippen LogP contribution in [0.15, 0.2) is 30.3 Å². The molecular formula is C17H27NO. The number of hydrogen-bond acceptors (Lipinski definition) is 2. The fourth-order valence-corrected chi connectivity index (χ4v) is 2.63. The second kappa shape index (κ2) is 7.66. The SMILES string of the molecule is CC(C)OCCCCNC1CC(c2ccccc2)C1. The van der Waals surface area contributed by atoms with E-state index < -0.39 is 0 Å². The third-order valence-electron chi connectivity index (χ3n) is 3.86. The molecule has 0 atom stereocenters. The summed E-state index contributed by atoms with van der Waals surface area (Å²) in [7, 11) is 0. The number of benzene rings is 1. The van der Waals surface area contributed by atoms with Gasteiger partial charge in [0.25, 0.3) is 0 Å². The highest BCUT2D eigenvalue weighted by Gasteiger charge is 2.29. The van der Waals surface area contributed by atoms with Crippen molar-refractivity contribution in [3.8, 4) is 0 Å². The summed E-state index contributed by atoms with van der Waals surface area (Å²) in [5, 5.41) is 3.65. The van der Waals surface area contributed by atoms with Crippen LogP contribution in [0.25, 0.3) is 0 Å².